The van der Waals surface area contributed by atoms with Crippen LogP contribution in [0.25, 0.3) is 0 Å². The highest BCUT2D eigenvalue weighted by molar-refractivity contribution is 5.19. The Bertz CT molecular complexity index is 346. The molecule has 0 atom stereocenters. The fraction of sp³-hybridized carbons (Fsp3) is 0.667. The molecule has 0 unspecified atom stereocenters. The van der Waals surface area contributed by atoms with E-state index in [1.54, 1.807) is 20.4 Å². The zero-order valence-corrected chi connectivity index (χ0v) is 13.0. The summed E-state index contributed by atoms with van der Waals surface area (Å²) in [4.78, 5) is 4.33. The molecule has 1 rings (SSSR count). The second-order valence-corrected chi connectivity index (χ2v) is 4.46. The SMILES string of the molecule is COCCCOCCOc1ccc(CNCCOC)nc1. The van der Waals surface area contributed by atoms with Crippen molar-refractivity contribution < 1.29 is 18.9 Å². The molecule has 21 heavy (non-hydrogen) atoms. The van der Waals surface area contributed by atoms with Crippen LogP contribution in [0.4, 0.5) is 0 Å². The molecule has 0 fully saturated rings. The first-order valence-corrected chi connectivity index (χ1v) is 7.21. The van der Waals surface area contributed by atoms with E-state index >= 15 is 0 Å². The maximum Gasteiger partial charge on any atom is 0.137 e. The molecule has 0 aliphatic heterocycles. The summed E-state index contributed by atoms with van der Waals surface area (Å²) in [5, 5.41) is 3.24. The summed E-state index contributed by atoms with van der Waals surface area (Å²) >= 11 is 0. The van der Waals surface area contributed by atoms with E-state index in [-0.39, 0.29) is 0 Å². The predicted octanol–water partition coefficient (Wildman–Crippen LogP) is 1.25. The molecule has 0 saturated carbocycles. The van der Waals surface area contributed by atoms with Crippen molar-refractivity contribution in [2.24, 2.45) is 0 Å². The Balaban J connectivity index is 2.07. The van der Waals surface area contributed by atoms with Gasteiger partial charge in [-0.1, -0.05) is 0 Å². The lowest BCUT2D eigenvalue weighted by atomic mass is 10.3. The van der Waals surface area contributed by atoms with Gasteiger partial charge in [-0.15, -0.1) is 0 Å². The minimum atomic E-state index is 0.528. The minimum Gasteiger partial charge on any atom is -0.490 e. The Kier molecular flexibility index (Phi) is 10.6. The van der Waals surface area contributed by atoms with Gasteiger partial charge >= 0.3 is 0 Å². The van der Waals surface area contributed by atoms with Crippen molar-refractivity contribution in [3.63, 3.8) is 0 Å². The van der Waals surface area contributed by atoms with Crippen molar-refractivity contribution in [3.8, 4) is 5.75 Å². The van der Waals surface area contributed by atoms with Crippen molar-refractivity contribution in [1.29, 1.82) is 0 Å². The monoisotopic (exact) mass is 298 g/mol. The number of aromatic nitrogens is 1. The zero-order chi connectivity index (χ0) is 15.2. The van der Waals surface area contributed by atoms with Crippen LogP contribution in [0.3, 0.4) is 0 Å². The first-order chi connectivity index (χ1) is 10.4. The lowest BCUT2D eigenvalue weighted by Gasteiger charge is -2.08. The third kappa shape index (κ3) is 9.36. The van der Waals surface area contributed by atoms with E-state index in [0.717, 1.165) is 37.6 Å². The van der Waals surface area contributed by atoms with Crippen LogP contribution in [-0.2, 0) is 20.8 Å². The van der Waals surface area contributed by atoms with Crippen LogP contribution in [0.1, 0.15) is 12.1 Å². The van der Waals surface area contributed by atoms with Gasteiger partial charge in [0.05, 0.1) is 25.1 Å². The Morgan fingerprint density at radius 2 is 1.86 bits per heavy atom. The Hall–Kier alpha value is -1.21. The summed E-state index contributed by atoms with van der Waals surface area (Å²) in [5.74, 6) is 0.760. The third-order valence-electron chi connectivity index (χ3n) is 2.72. The summed E-state index contributed by atoms with van der Waals surface area (Å²) in [6, 6.07) is 3.87. The Morgan fingerprint density at radius 1 is 1.00 bits per heavy atom. The normalized spacial score (nSPS) is 10.8. The van der Waals surface area contributed by atoms with Gasteiger partial charge in [-0.2, -0.15) is 0 Å². The molecule has 0 amide bonds. The van der Waals surface area contributed by atoms with Crippen LogP contribution in [0, 0.1) is 0 Å². The number of ether oxygens (including phenoxy) is 4. The van der Waals surface area contributed by atoms with Crippen molar-refractivity contribution in [3.05, 3.63) is 24.0 Å². The molecular weight excluding hydrogens is 272 g/mol. The molecule has 0 bridgehead atoms. The molecule has 6 heteroatoms. The number of methoxy groups -OCH3 is 2. The highest BCUT2D eigenvalue weighted by atomic mass is 16.5. The molecular formula is C15H26N2O4. The zero-order valence-electron chi connectivity index (χ0n) is 13.0. The van der Waals surface area contributed by atoms with Gasteiger partial charge < -0.3 is 24.3 Å². The lowest BCUT2D eigenvalue weighted by molar-refractivity contribution is 0.0805. The van der Waals surface area contributed by atoms with Crippen LogP contribution in [-0.4, -0.2) is 58.8 Å². The molecule has 0 aliphatic rings. The molecule has 1 N–H and O–H groups in total. The number of nitrogens with zero attached hydrogens (tertiary/aromatic N) is 1. The molecule has 0 spiro atoms. The fourth-order valence-electron chi connectivity index (χ4n) is 1.62. The smallest absolute Gasteiger partial charge is 0.137 e. The van der Waals surface area contributed by atoms with E-state index in [0.29, 0.717) is 26.4 Å². The van der Waals surface area contributed by atoms with E-state index in [4.69, 9.17) is 18.9 Å². The number of hydrogen-bond acceptors (Lipinski definition) is 6. The standard InChI is InChI=1S/C15H26N2O4/c1-18-7-3-8-20-10-11-21-15-5-4-14(17-13-15)12-16-6-9-19-2/h4-5,13,16H,3,6-12H2,1-2H3. The van der Waals surface area contributed by atoms with Crippen LogP contribution >= 0.6 is 0 Å². The van der Waals surface area contributed by atoms with Crippen molar-refractivity contribution in [2.75, 3.05) is 53.8 Å². The summed E-state index contributed by atoms with van der Waals surface area (Å²) in [7, 11) is 3.38. The topological polar surface area (TPSA) is 61.8 Å². The van der Waals surface area contributed by atoms with E-state index in [2.05, 4.69) is 10.3 Å². The minimum absolute atomic E-state index is 0.528. The van der Waals surface area contributed by atoms with Gasteiger partial charge in [-0.3, -0.25) is 4.98 Å². The fourth-order valence-corrected chi connectivity index (χ4v) is 1.62. The average molecular weight is 298 g/mol. The van der Waals surface area contributed by atoms with Gasteiger partial charge in [0.15, 0.2) is 0 Å². The lowest BCUT2D eigenvalue weighted by Crippen LogP contribution is -2.19. The van der Waals surface area contributed by atoms with E-state index in [1.165, 1.54) is 0 Å². The molecule has 0 radical (unpaired) electrons. The quantitative estimate of drug-likeness (QED) is 0.553. The molecule has 1 aromatic heterocycles. The van der Waals surface area contributed by atoms with Gasteiger partial charge in [0.1, 0.15) is 12.4 Å². The Morgan fingerprint density at radius 3 is 2.57 bits per heavy atom. The molecule has 1 aromatic rings. The van der Waals surface area contributed by atoms with Gasteiger partial charge in [0.2, 0.25) is 0 Å². The average Bonchev–Trinajstić information content (AvgIpc) is 2.52. The third-order valence-corrected chi connectivity index (χ3v) is 2.72. The van der Waals surface area contributed by atoms with Gasteiger partial charge in [0, 0.05) is 40.5 Å². The molecule has 6 nitrogen and oxygen atoms in total. The number of nitrogens with one attached hydrogen (secondary N) is 1. The Labute approximate surface area is 126 Å². The van der Waals surface area contributed by atoms with Crippen LogP contribution in [0.2, 0.25) is 0 Å². The van der Waals surface area contributed by atoms with Crippen molar-refractivity contribution in [1.82, 2.24) is 10.3 Å². The summed E-state index contributed by atoms with van der Waals surface area (Å²) in [6.45, 7) is 4.77. The molecule has 120 valence electrons. The highest BCUT2D eigenvalue weighted by Crippen LogP contribution is 2.08. The maximum absolute atomic E-state index is 5.55. The molecule has 0 aliphatic carbocycles. The summed E-state index contributed by atoms with van der Waals surface area (Å²) in [6.07, 6.45) is 2.64. The molecule has 1 heterocycles. The van der Waals surface area contributed by atoms with Crippen LogP contribution in [0.15, 0.2) is 18.3 Å². The first-order valence-electron chi connectivity index (χ1n) is 7.21. The maximum atomic E-state index is 5.55. The molecule has 0 saturated heterocycles. The van der Waals surface area contributed by atoms with Crippen molar-refractivity contribution in [2.45, 2.75) is 13.0 Å². The van der Waals surface area contributed by atoms with Gasteiger partial charge in [-0.25, -0.2) is 0 Å². The van der Waals surface area contributed by atoms with Crippen molar-refractivity contribution >= 4 is 0 Å². The predicted molar refractivity (Wildman–Crippen MR) is 80.6 cm³/mol. The first kappa shape index (κ1) is 17.8. The molecule has 0 aromatic carbocycles. The van der Waals surface area contributed by atoms with E-state index < -0.39 is 0 Å². The summed E-state index contributed by atoms with van der Waals surface area (Å²) < 4.78 is 20.9. The number of pyridine rings is 1. The second kappa shape index (κ2) is 12.5. The number of hydrogen-bond donors (Lipinski definition) is 1. The van der Waals surface area contributed by atoms with Gasteiger partial charge in [-0.05, 0) is 18.6 Å². The van der Waals surface area contributed by atoms with Crippen LogP contribution in [0.5, 0.6) is 5.75 Å². The van der Waals surface area contributed by atoms with Gasteiger partial charge in [0.25, 0.3) is 0 Å². The van der Waals surface area contributed by atoms with Crippen LogP contribution < -0.4 is 10.1 Å². The number of rotatable bonds is 13. The highest BCUT2D eigenvalue weighted by Gasteiger charge is 1.97. The van der Waals surface area contributed by atoms with E-state index in [9.17, 15) is 0 Å². The summed E-state index contributed by atoms with van der Waals surface area (Å²) in [5.41, 5.74) is 0.981. The largest absolute Gasteiger partial charge is 0.490 e. The second-order valence-electron chi connectivity index (χ2n) is 4.46. The van der Waals surface area contributed by atoms with E-state index in [1.807, 2.05) is 12.1 Å².